The molecule has 0 aliphatic rings. The molecule has 200 valence electrons. The average Bonchev–Trinajstić information content (AvgIpc) is 3.69. The number of nitrogens with zero attached hydrogens (tertiary/aromatic N) is 4. The third kappa shape index (κ3) is 4.01. The van der Waals surface area contributed by atoms with Gasteiger partial charge in [-0.1, -0.05) is 94.8 Å². The summed E-state index contributed by atoms with van der Waals surface area (Å²) in [5.41, 5.74) is 9.08. The minimum atomic E-state index is 0. The zero-order chi connectivity index (χ0) is 27.3. The summed E-state index contributed by atoms with van der Waals surface area (Å²) in [6.07, 6.45) is 5.27. The normalized spacial score (nSPS) is 11.3. The molecule has 9 rings (SSSR count). The number of fused-ring (bicyclic) bond motifs is 7. The minimum Gasteiger partial charge on any atom is -0.341 e. The first-order valence-electron chi connectivity index (χ1n) is 13.6. The predicted octanol–water partition coefficient (Wildman–Crippen LogP) is 7.75. The molecule has 0 atom stereocenters. The van der Waals surface area contributed by atoms with Crippen molar-refractivity contribution in [3.63, 3.8) is 0 Å². The number of rotatable bonds is 2. The first-order valence-corrected chi connectivity index (χ1v) is 13.6. The quantitative estimate of drug-likeness (QED) is 0.133. The molecular weight excluding hydrogens is 693 g/mol. The van der Waals surface area contributed by atoms with Crippen molar-refractivity contribution in [1.82, 2.24) is 14.0 Å². The van der Waals surface area contributed by atoms with E-state index >= 15 is 0 Å². The molecule has 0 radical (unpaired) electrons. The van der Waals surface area contributed by atoms with Crippen molar-refractivity contribution < 1.29 is 24.7 Å². The molecule has 4 heterocycles. The van der Waals surface area contributed by atoms with E-state index in [0.29, 0.717) is 0 Å². The van der Waals surface area contributed by atoms with Crippen LogP contribution in [0.5, 0.6) is 0 Å². The Morgan fingerprint density at radius 1 is 0.643 bits per heavy atom. The Morgan fingerprint density at radius 2 is 1.40 bits per heavy atom. The summed E-state index contributed by atoms with van der Waals surface area (Å²) < 4.78 is 6.59. The number of hydrogen-bond donors (Lipinski definition) is 0. The van der Waals surface area contributed by atoms with Gasteiger partial charge >= 0.3 is 20.1 Å². The van der Waals surface area contributed by atoms with Gasteiger partial charge in [-0.05, 0) is 17.8 Å². The van der Waals surface area contributed by atoms with Crippen molar-refractivity contribution in [1.29, 1.82) is 0 Å². The number of imidazole rings is 1. The van der Waals surface area contributed by atoms with Gasteiger partial charge in [0.2, 0.25) is 6.33 Å². The largest absolute Gasteiger partial charge is 3.00 e. The maximum Gasteiger partial charge on any atom is 3.00 e. The summed E-state index contributed by atoms with van der Waals surface area (Å²) in [6, 6.07) is 48.2. The van der Waals surface area contributed by atoms with E-state index in [1.807, 2.05) is 60.1 Å². The summed E-state index contributed by atoms with van der Waals surface area (Å²) in [5.74, 6) is 0. The van der Waals surface area contributed by atoms with Crippen LogP contribution in [-0.2, 0) is 27.2 Å². The van der Waals surface area contributed by atoms with E-state index in [2.05, 4.69) is 105 Å². The number of benzene rings is 5. The molecule has 0 fully saturated rings. The number of pyridine rings is 1. The summed E-state index contributed by atoms with van der Waals surface area (Å²) in [4.78, 5) is 4.22. The van der Waals surface area contributed by atoms with E-state index in [9.17, 15) is 0 Å². The fraction of sp³-hybridized carbons (Fsp3) is 0.0270. The third-order valence-electron chi connectivity index (χ3n) is 7.77. The molecule has 0 amide bonds. The van der Waals surface area contributed by atoms with Crippen LogP contribution in [0.2, 0.25) is 0 Å². The molecule has 0 saturated carbocycles. The first-order chi connectivity index (χ1) is 20.3. The van der Waals surface area contributed by atoms with Crippen molar-refractivity contribution in [2.75, 3.05) is 0 Å². The second-order valence-electron chi connectivity index (χ2n) is 10.1. The van der Waals surface area contributed by atoms with Crippen molar-refractivity contribution >= 4 is 49.1 Å². The van der Waals surface area contributed by atoms with Gasteiger partial charge in [-0.2, -0.15) is 12.1 Å². The van der Waals surface area contributed by atoms with E-state index in [0.717, 1.165) is 28.0 Å². The Labute approximate surface area is 256 Å². The fourth-order valence-electron chi connectivity index (χ4n) is 6.01. The topological polar surface area (TPSA) is 26.1 Å². The summed E-state index contributed by atoms with van der Waals surface area (Å²) in [7, 11) is 2.04. The smallest absolute Gasteiger partial charge is 0.341 e. The Hall–Kier alpha value is -4.83. The molecule has 0 spiro atoms. The molecule has 0 unspecified atom stereocenters. The van der Waals surface area contributed by atoms with E-state index < -0.39 is 0 Å². The molecule has 4 aromatic heterocycles. The van der Waals surface area contributed by atoms with Crippen LogP contribution in [0.15, 0.2) is 128 Å². The SMILES string of the molecule is C[n+]1[c-]n(-c2[c-]ccc3c2c2cccc4c5ccccc5n3c42)c2ccccc21.[Ir+3].[c-]1ccccc1-c1ccccn1. The molecule has 42 heavy (non-hydrogen) atoms. The minimum absolute atomic E-state index is 0. The van der Waals surface area contributed by atoms with Crippen LogP contribution in [-0.4, -0.2) is 14.0 Å². The second kappa shape index (κ2) is 10.5. The Kier molecular flexibility index (Phi) is 6.54. The Bertz CT molecular complexity index is 2280. The number of hydrogen-bond acceptors (Lipinski definition) is 1. The van der Waals surface area contributed by atoms with E-state index in [4.69, 9.17) is 0 Å². The number of aromatic nitrogens is 4. The van der Waals surface area contributed by atoms with Crippen LogP contribution >= 0.6 is 0 Å². The van der Waals surface area contributed by atoms with Crippen molar-refractivity contribution in [2.24, 2.45) is 7.05 Å². The zero-order valence-corrected chi connectivity index (χ0v) is 25.1. The fourth-order valence-corrected chi connectivity index (χ4v) is 6.01. The molecular formula is C37H24IrN4+. The van der Waals surface area contributed by atoms with Gasteiger partial charge in [-0.15, -0.1) is 42.0 Å². The standard InChI is InChI=1S/C26H16N3.C11H8N.Ir/c1-27-16-28(22-13-5-4-12-21(22)27)23-14-7-15-24-25(23)19-10-6-9-18-17-8-2-3-11-20(17)29(24)26(18)19;1-2-6-10(7-3-1)11-8-4-5-9-12-11;/h2-13,15H,1H3;1-6,8-9H;/q2*-1;+3. The molecule has 4 nitrogen and oxygen atoms in total. The second-order valence-corrected chi connectivity index (χ2v) is 10.1. The summed E-state index contributed by atoms with van der Waals surface area (Å²) >= 11 is 0. The molecule has 5 heteroatoms. The van der Waals surface area contributed by atoms with Gasteiger partial charge in [0, 0.05) is 22.5 Å². The molecule has 0 aliphatic heterocycles. The first kappa shape index (κ1) is 26.1. The van der Waals surface area contributed by atoms with Crippen LogP contribution in [0.1, 0.15) is 0 Å². The predicted molar refractivity (Wildman–Crippen MR) is 165 cm³/mol. The molecule has 5 aromatic carbocycles. The molecule has 9 aromatic rings. The van der Waals surface area contributed by atoms with Gasteiger partial charge < -0.3 is 18.5 Å². The average molecular weight is 717 g/mol. The van der Waals surface area contributed by atoms with Crippen LogP contribution in [0.3, 0.4) is 0 Å². The van der Waals surface area contributed by atoms with Gasteiger partial charge in [0.15, 0.2) is 0 Å². The van der Waals surface area contributed by atoms with Crippen LogP contribution in [0.25, 0.3) is 66.1 Å². The van der Waals surface area contributed by atoms with E-state index in [1.165, 1.54) is 38.1 Å². The monoisotopic (exact) mass is 717 g/mol. The van der Waals surface area contributed by atoms with Gasteiger partial charge in [0.25, 0.3) is 0 Å². The zero-order valence-electron chi connectivity index (χ0n) is 22.7. The van der Waals surface area contributed by atoms with Crippen LogP contribution in [0, 0.1) is 18.5 Å². The maximum atomic E-state index is 4.22. The van der Waals surface area contributed by atoms with E-state index in [-0.39, 0.29) is 20.1 Å². The Balaban J connectivity index is 0.000000188. The van der Waals surface area contributed by atoms with Gasteiger partial charge in [0.05, 0.1) is 23.6 Å². The van der Waals surface area contributed by atoms with Crippen LogP contribution in [0.4, 0.5) is 0 Å². The van der Waals surface area contributed by atoms with Crippen LogP contribution < -0.4 is 4.57 Å². The Morgan fingerprint density at radius 3 is 2.24 bits per heavy atom. The molecule has 0 bridgehead atoms. The van der Waals surface area contributed by atoms with Gasteiger partial charge in [-0.3, -0.25) is 0 Å². The van der Waals surface area contributed by atoms with Crippen molar-refractivity contribution in [3.05, 3.63) is 146 Å². The molecule has 0 N–H and O–H groups in total. The molecule has 0 aliphatic carbocycles. The van der Waals surface area contributed by atoms with Gasteiger partial charge in [0.1, 0.15) is 0 Å². The number of aryl methyl sites for hydroxylation is 1. The molecule has 0 saturated heterocycles. The van der Waals surface area contributed by atoms with E-state index in [1.54, 1.807) is 6.20 Å². The maximum absolute atomic E-state index is 4.22. The summed E-state index contributed by atoms with van der Waals surface area (Å²) in [6.45, 7) is 0. The van der Waals surface area contributed by atoms with Gasteiger partial charge in [-0.25, -0.2) is 0 Å². The number of para-hydroxylation sites is 4. The summed E-state index contributed by atoms with van der Waals surface area (Å²) in [5, 5.41) is 5.08. The van der Waals surface area contributed by atoms with Crippen molar-refractivity contribution in [2.45, 2.75) is 0 Å². The third-order valence-corrected chi connectivity index (χ3v) is 7.77. The van der Waals surface area contributed by atoms with Crippen molar-refractivity contribution in [3.8, 4) is 16.9 Å².